The van der Waals surface area contributed by atoms with E-state index in [9.17, 15) is 4.79 Å². The monoisotopic (exact) mass is 317 g/mol. The molecule has 19 heavy (non-hydrogen) atoms. The number of nitrogens with one attached hydrogen (secondary N) is 1. The number of benzene rings is 2. The molecule has 0 atom stereocenters. The Morgan fingerprint density at radius 2 is 1.58 bits per heavy atom. The minimum atomic E-state index is -0.689. The molecule has 2 amide bonds. The van der Waals surface area contributed by atoms with E-state index in [1.54, 1.807) is 0 Å². The third kappa shape index (κ3) is 3.66. The Hall–Kier alpha value is -2.14. The molecule has 0 aliphatic rings. The molecule has 2 rings (SSSR count). The van der Waals surface area contributed by atoms with Gasteiger partial charge in [-0.05, 0) is 12.1 Å². The topological polar surface area (TPSA) is 67.5 Å². The van der Waals surface area contributed by atoms with Gasteiger partial charge < -0.3 is 5.73 Å². The van der Waals surface area contributed by atoms with Gasteiger partial charge in [0.25, 0.3) is 0 Å². The number of carbonyl (C=O) groups is 1. The Labute approximate surface area is 119 Å². The predicted molar refractivity (Wildman–Crippen MR) is 78.9 cm³/mol. The van der Waals surface area contributed by atoms with Crippen LogP contribution in [0.5, 0.6) is 0 Å². The molecule has 0 fully saturated rings. The zero-order valence-corrected chi connectivity index (χ0v) is 11.6. The molecule has 0 saturated carbocycles. The first-order valence-corrected chi connectivity index (χ1v) is 6.40. The molecule has 3 N–H and O–H groups in total. The van der Waals surface area contributed by atoms with Crippen LogP contribution in [0.15, 0.2) is 64.2 Å². The lowest BCUT2D eigenvalue weighted by molar-refractivity contribution is 0.249. The molecule has 0 heterocycles. The van der Waals surface area contributed by atoms with Crippen molar-refractivity contribution < 1.29 is 4.79 Å². The van der Waals surface area contributed by atoms with Gasteiger partial charge in [0, 0.05) is 15.6 Å². The van der Waals surface area contributed by atoms with Crippen molar-refractivity contribution in [3.8, 4) is 0 Å². The highest BCUT2D eigenvalue weighted by atomic mass is 79.9. The SMILES string of the molecule is NC(=O)N/N=C(/c1ccccc1)c1ccc(Br)cc1. The van der Waals surface area contributed by atoms with Crippen molar-refractivity contribution in [3.05, 3.63) is 70.2 Å². The van der Waals surface area contributed by atoms with Crippen LogP contribution in [0.4, 0.5) is 4.79 Å². The summed E-state index contributed by atoms with van der Waals surface area (Å²) in [6.45, 7) is 0. The summed E-state index contributed by atoms with van der Waals surface area (Å²) in [7, 11) is 0. The van der Waals surface area contributed by atoms with Gasteiger partial charge in [-0.15, -0.1) is 0 Å². The van der Waals surface area contributed by atoms with Crippen molar-refractivity contribution in [1.29, 1.82) is 0 Å². The molecule has 96 valence electrons. The van der Waals surface area contributed by atoms with Crippen LogP contribution in [0.2, 0.25) is 0 Å². The largest absolute Gasteiger partial charge is 0.350 e. The zero-order chi connectivity index (χ0) is 13.7. The van der Waals surface area contributed by atoms with E-state index in [4.69, 9.17) is 5.73 Å². The number of carbonyl (C=O) groups excluding carboxylic acids is 1. The fourth-order valence-corrected chi connectivity index (χ4v) is 1.87. The summed E-state index contributed by atoms with van der Waals surface area (Å²) in [6, 6.07) is 16.6. The summed E-state index contributed by atoms with van der Waals surface area (Å²) in [5, 5.41) is 4.07. The molecule has 0 radical (unpaired) electrons. The number of hydrogen-bond acceptors (Lipinski definition) is 2. The first-order valence-electron chi connectivity index (χ1n) is 5.61. The van der Waals surface area contributed by atoms with E-state index in [2.05, 4.69) is 26.5 Å². The number of hydrazone groups is 1. The molecular formula is C14H12BrN3O. The molecule has 0 bridgehead atoms. The Balaban J connectivity index is 2.43. The first-order chi connectivity index (χ1) is 9.16. The third-order valence-electron chi connectivity index (χ3n) is 2.44. The lowest BCUT2D eigenvalue weighted by Gasteiger charge is -2.07. The summed E-state index contributed by atoms with van der Waals surface area (Å²) in [4.78, 5) is 10.8. The molecule has 4 nitrogen and oxygen atoms in total. The van der Waals surface area contributed by atoms with Crippen molar-refractivity contribution in [3.63, 3.8) is 0 Å². The normalized spacial score (nSPS) is 11.1. The van der Waals surface area contributed by atoms with Crippen molar-refractivity contribution >= 4 is 27.7 Å². The van der Waals surface area contributed by atoms with Crippen molar-refractivity contribution in [1.82, 2.24) is 5.43 Å². The Morgan fingerprint density at radius 1 is 1.00 bits per heavy atom. The minimum absolute atomic E-state index is 0.659. The van der Waals surface area contributed by atoms with Crippen LogP contribution in [-0.4, -0.2) is 11.7 Å². The van der Waals surface area contributed by atoms with Gasteiger partial charge in [0.15, 0.2) is 0 Å². The van der Waals surface area contributed by atoms with Crippen LogP contribution in [0, 0.1) is 0 Å². The molecule has 0 aliphatic carbocycles. The van der Waals surface area contributed by atoms with Gasteiger partial charge in [-0.1, -0.05) is 58.4 Å². The number of primary amides is 1. The lowest BCUT2D eigenvalue weighted by Crippen LogP contribution is -2.26. The van der Waals surface area contributed by atoms with E-state index < -0.39 is 6.03 Å². The summed E-state index contributed by atoms with van der Waals surface area (Å²) < 4.78 is 0.978. The fraction of sp³-hybridized carbons (Fsp3) is 0. The van der Waals surface area contributed by atoms with Gasteiger partial charge in [0.05, 0.1) is 5.71 Å². The number of rotatable bonds is 3. The smallest absolute Gasteiger partial charge is 0.332 e. The number of nitrogens with zero attached hydrogens (tertiary/aromatic N) is 1. The number of hydrogen-bond donors (Lipinski definition) is 2. The Morgan fingerprint density at radius 3 is 2.16 bits per heavy atom. The van der Waals surface area contributed by atoms with Crippen LogP contribution >= 0.6 is 15.9 Å². The quantitative estimate of drug-likeness (QED) is 0.663. The van der Waals surface area contributed by atoms with Crippen LogP contribution < -0.4 is 11.2 Å². The van der Waals surface area contributed by atoms with E-state index >= 15 is 0 Å². The minimum Gasteiger partial charge on any atom is -0.350 e. The molecule has 0 aromatic heterocycles. The van der Waals surface area contributed by atoms with E-state index in [1.165, 1.54) is 0 Å². The highest BCUT2D eigenvalue weighted by molar-refractivity contribution is 9.10. The number of nitrogens with two attached hydrogens (primary N) is 1. The zero-order valence-electron chi connectivity index (χ0n) is 10.0. The molecule has 2 aromatic carbocycles. The van der Waals surface area contributed by atoms with Crippen molar-refractivity contribution in [2.24, 2.45) is 10.8 Å². The molecule has 0 saturated heterocycles. The Bertz CT molecular complexity index is 594. The number of halogens is 1. The standard InChI is InChI=1S/C14H12BrN3O/c15-12-8-6-11(7-9-12)13(17-18-14(16)19)10-4-2-1-3-5-10/h1-9H,(H3,16,18,19)/b17-13-. The molecule has 0 spiro atoms. The molecule has 0 aliphatic heterocycles. The second-order valence-electron chi connectivity index (χ2n) is 3.81. The van der Waals surface area contributed by atoms with E-state index in [-0.39, 0.29) is 0 Å². The molecule has 0 unspecified atom stereocenters. The average molecular weight is 318 g/mol. The van der Waals surface area contributed by atoms with Crippen LogP contribution in [0.3, 0.4) is 0 Å². The maximum Gasteiger partial charge on any atom is 0.332 e. The summed E-state index contributed by atoms with van der Waals surface area (Å²) in [5.41, 5.74) is 9.78. The number of urea groups is 1. The van der Waals surface area contributed by atoms with Crippen LogP contribution in [-0.2, 0) is 0 Å². The fourth-order valence-electron chi connectivity index (χ4n) is 1.61. The van der Waals surface area contributed by atoms with E-state index in [1.807, 2.05) is 54.6 Å². The average Bonchev–Trinajstić information content (AvgIpc) is 2.42. The Kier molecular flexibility index (Phi) is 4.30. The summed E-state index contributed by atoms with van der Waals surface area (Å²) in [6.07, 6.45) is 0. The summed E-state index contributed by atoms with van der Waals surface area (Å²) in [5.74, 6) is 0. The maximum absolute atomic E-state index is 10.8. The first kappa shape index (κ1) is 13.3. The molecular weight excluding hydrogens is 306 g/mol. The van der Waals surface area contributed by atoms with E-state index in [0.717, 1.165) is 15.6 Å². The van der Waals surface area contributed by atoms with Gasteiger partial charge in [0.2, 0.25) is 0 Å². The van der Waals surface area contributed by atoms with Gasteiger partial charge >= 0.3 is 6.03 Å². The van der Waals surface area contributed by atoms with Gasteiger partial charge in [-0.3, -0.25) is 0 Å². The lowest BCUT2D eigenvalue weighted by atomic mass is 10.0. The van der Waals surface area contributed by atoms with Gasteiger partial charge in [0.1, 0.15) is 0 Å². The van der Waals surface area contributed by atoms with Crippen LogP contribution in [0.1, 0.15) is 11.1 Å². The maximum atomic E-state index is 10.8. The van der Waals surface area contributed by atoms with Crippen molar-refractivity contribution in [2.45, 2.75) is 0 Å². The number of amides is 2. The van der Waals surface area contributed by atoms with E-state index in [0.29, 0.717) is 5.71 Å². The second-order valence-corrected chi connectivity index (χ2v) is 4.73. The predicted octanol–water partition coefficient (Wildman–Crippen LogP) is 2.87. The highest BCUT2D eigenvalue weighted by Gasteiger charge is 2.07. The molecule has 5 heteroatoms. The molecule has 2 aromatic rings. The van der Waals surface area contributed by atoms with Gasteiger partial charge in [-0.2, -0.15) is 5.10 Å². The highest BCUT2D eigenvalue weighted by Crippen LogP contribution is 2.15. The van der Waals surface area contributed by atoms with Crippen LogP contribution in [0.25, 0.3) is 0 Å². The summed E-state index contributed by atoms with van der Waals surface area (Å²) >= 11 is 3.38. The second kappa shape index (κ2) is 6.15. The van der Waals surface area contributed by atoms with Gasteiger partial charge in [-0.25, -0.2) is 10.2 Å². The van der Waals surface area contributed by atoms with Crippen molar-refractivity contribution in [2.75, 3.05) is 0 Å². The third-order valence-corrected chi connectivity index (χ3v) is 2.97.